The highest BCUT2D eigenvalue weighted by atomic mass is 35.5. The van der Waals surface area contributed by atoms with Gasteiger partial charge in [0.05, 0.1) is 6.20 Å². The van der Waals surface area contributed by atoms with E-state index in [1.54, 1.807) is 0 Å². The zero-order valence-electron chi connectivity index (χ0n) is 9.37. The van der Waals surface area contributed by atoms with Crippen LogP contribution in [0, 0.1) is 6.92 Å². The molecule has 0 atom stereocenters. The van der Waals surface area contributed by atoms with E-state index >= 15 is 0 Å². The number of aryl methyl sites for hydroxylation is 1. The van der Waals surface area contributed by atoms with Gasteiger partial charge >= 0.3 is 0 Å². The van der Waals surface area contributed by atoms with Gasteiger partial charge in [-0.25, -0.2) is 0 Å². The van der Waals surface area contributed by atoms with Crippen molar-refractivity contribution >= 4 is 11.6 Å². The van der Waals surface area contributed by atoms with Gasteiger partial charge < -0.3 is 5.73 Å². The summed E-state index contributed by atoms with van der Waals surface area (Å²) in [6.07, 6.45) is 1.85. The molecule has 0 spiro atoms. The van der Waals surface area contributed by atoms with Crippen LogP contribution in [0.2, 0.25) is 5.02 Å². The van der Waals surface area contributed by atoms with Crippen molar-refractivity contribution in [2.75, 3.05) is 0 Å². The third kappa shape index (κ3) is 1.84. The van der Waals surface area contributed by atoms with Gasteiger partial charge in [-0.3, -0.25) is 4.68 Å². The lowest BCUT2D eigenvalue weighted by Crippen LogP contribution is -1.99. The Hall–Kier alpha value is -1.32. The Morgan fingerprint density at radius 2 is 2.12 bits per heavy atom. The standard InChI is InChI=1S/C12H14ClN3/c1-8-12(7-15-16(8)2)11-5-10(13)4-3-9(11)6-14/h3-5,7H,6,14H2,1-2H3. The molecule has 1 aromatic carbocycles. The fourth-order valence-corrected chi connectivity index (χ4v) is 1.91. The lowest BCUT2D eigenvalue weighted by Gasteiger charge is -2.08. The molecular formula is C12H14ClN3. The lowest BCUT2D eigenvalue weighted by atomic mass is 10.0. The van der Waals surface area contributed by atoms with Crippen molar-refractivity contribution in [3.8, 4) is 11.1 Å². The van der Waals surface area contributed by atoms with E-state index in [4.69, 9.17) is 17.3 Å². The average molecular weight is 236 g/mol. The molecule has 0 fully saturated rings. The third-order valence-corrected chi connectivity index (χ3v) is 3.05. The van der Waals surface area contributed by atoms with Gasteiger partial charge in [0.15, 0.2) is 0 Å². The number of halogens is 1. The maximum Gasteiger partial charge on any atom is 0.0571 e. The molecule has 0 aliphatic rings. The fraction of sp³-hybridized carbons (Fsp3) is 0.250. The molecule has 84 valence electrons. The number of benzene rings is 1. The fourth-order valence-electron chi connectivity index (χ4n) is 1.74. The number of aromatic nitrogens is 2. The second kappa shape index (κ2) is 4.28. The van der Waals surface area contributed by atoms with Crippen LogP contribution in [0.25, 0.3) is 11.1 Å². The van der Waals surface area contributed by atoms with Crippen molar-refractivity contribution in [2.24, 2.45) is 12.8 Å². The molecule has 1 aromatic heterocycles. The molecule has 16 heavy (non-hydrogen) atoms. The van der Waals surface area contributed by atoms with E-state index in [9.17, 15) is 0 Å². The van der Waals surface area contributed by atoms with E-state index in [1.165, 1.54) is 0 Å². The van der Waals surface area contributed by atoms with E-state index in [0.29, 0.717) is 6.54 Å². The quantitative estimate of drug-likeness (QED) is 0.869. The van der Waals surface area contributed by atoms with Crippen LogP contribution in [-0.2, 0) is 13.6 Å². The minimum absolute atomic E-state index is 0.501. The first kappa shape index (κ1) is 11.2. The topological polar surface area (TPSA) is 43.8 Å². The van der Waals surface area contributed by atoms with Gasteiger partial charge in [0, 0.05) is 29.9 Å². The highest BCUT2D eigenvalue weighted by molar-refractivity contribution is 6.30. The van der Waals surface area contributed by atoms with Gasteiger partial charge in [0.1, 0.15) is 0 Å². The van der Waals surface area contributed by atoms with Crippen molar-refractivity contribution in [3.05, 3.63) is 40.7 Å². The molecule has 1 heterocycles. The van der Waals surface area contributed by atoms with Crippen LogP contribution in [0.4, 0.5) is 0 Å². The van der Waals surface area contributed by atoms with Gasteiger partial charge in [-0.1, -0.05) is 17.7 Å². The van der Waals surface area contributed by atoms with Gasteiger partial charge in [-0.2, -0.15) is 5.10 Å². The third-order valence-electron chi connectivity index (χ3n) is 2.82. The van der Waals surface area contributed by atoms with Crippen LogP contribution in [-0.4, -0.2) is 9.78 Å². The molecule has 0 amide bonds. The summed E-state index contributed by atoms with van der Waals surface area (Å²) in [6, 6.07) is 5.76. The molecule has 0 bridgehead atoms. The molecule has 2 aromatic rings. The molecule has 3 nitrogen and oxygen atoms in total. The molecule has 0 saturated carbocycles. The first-order chi connectivity index (χ1) is 7.63. The molecule has 2 rings (SSSR count). The Morgan fingerprint density at radius 3 is 2.69 bits per heavy atom. The molecule has 4 heteroatoms. The number of hydrogen-bond acceptors (Lipinski definition) is 2. The number of hydrogen-bond donors (Lipinski definition) is 1. The summed E-state index contributed by atoms with van der Waals surface area (Å²) in [5.41, 5.74) is 10.1. The van der Waals surface area contributed by atoms with Crippen LogP contribution in [0.1, 0.15) is 11.3 Å². The van der Waals surface area contributed by atoms with Crippen molar-refractivity contribution in [3.63, 3.8) is 0 Å². The second-order valence-electron chi connectivity index (χ2n) is 3.77. The normalized spacial score (nSPS) is 10.8. The van der Waals surface area contributed by atoms with E-state index in [-0.39, 0.29) is 0 Å². The van der Waals surface area contributed by atoms with Crippen molar-refractivity contribution in [1.29, 1.82) is 0 Å². The Morgan fingerprint density at radius 1 is 1.38 bits per heavy atom. The molecule has 2 N–H and O–H groups in total. The van der Waals surface area contributed by atoms with Crippen LogP contribution >= 0.6 is 11.6 Å². The number of rotatable bonds is 2. The molecular weight excluding hydrogens is 222 g/mol. The summed E-state index contributed by atoms with van der Waals surface area (Å²) < 4.78 is 1.84. The Labute approximate surface area is 99.8 Å². The van der Waals surface area contributed by atoms with E-state index < -0.39 is 0 Å². The minimum Gasteiger partial charge on any atom is -0.326 e. The zero-order valence-corrected chi connectivity index (χ0v) is 10.1. The lowest BCUT2D eigenvalue weighted by molar-refractivity contribution is 0.740. The van der Waals surface area contributed by atoms with Crippen LogP contribution in [0.15, 0.2) is 24.4 Å². The molecule has 0 saturated heterocycles. The Bertz CT molecular complexity index is 517. The summed E-state index contributed by atoms with van der Waals surface area (Å²) in [5, 5.41) is 4.95. The summed E-state index contributed by atoms with van der Waals surface area (Å²) in [6.45, 7) is 2.53. The maximum absolute atomic E-state index is 6.01. The average Bonchev–Trinajstić information content (AvgIpc) is 2.60. The van der Waals surface area contributed by atoms with Gasteiger partial charge in [-0.05, 0) is 30.2 Å². The highest BCUT2D eigenvalue weighted by Gasteiger charge is 2.10. The first-order valence-corrected chi connectivity index (χ1v) is 5.48. The number of nitrogens with zero attached hydrogens (tertiary/aromatic N) is 2. The second-order valence-corrected chi connectivity index (χ2v) is 4.21. The van der Waals surface area contributed by atoms with Gasteiger partial charge in [0.25, 0.3) is 0 Å². The van der Waals surface area contributed by atoms with E-state index in [1.807, 2.05) is 43.0 Å². The summed E-state index contributed by atoms with van der Waals surface area (Å²) in [4.78, 5) is 0. The predicted octanol–water partition coefficient (Wildman–Crippen LogP) is 2.51. The zero-order chi connectivity index (χ0) is 11.7. The minimum atomic E-state index is 0.501. The van der Waals surface area contributed by atoms with Crippen molar-refractivity contribution in [2.45, 2.75) is 13.5 Å². The highest BCUT2D eigenvalue weighted by Crippen LogP contribution is 2.28. The molecule has 0 aliphatic carbocycles. The van der Waals surface area contributed by atoms with Gasteiger partial charge in [-0.15, -0.1) is 0 Å². The maximum atomic E-state index is 6.01. The van der Waals surface area contributed by atoms with Crippen molar-refractivity contribution < 1.29 is 0 Å². The molecule has 0 unspecified atom stereocenters. The van der Waals surface area contributed by atoms with Crippen LogP contribution < -0.4 is 5.73 Å². The van der Waals surface area contributed by atoms with Crippen LogP contribution in [0.3, 0.4) is 0 Å². The van der Waals surface area contributed by atoms with E-state index in [0.717, 1.165) is 27.4 Å². The van der Waals surface area contributed by atoms with E-state index in [2.05, 4.69) is 5.10 Å². The molecule has 0 aliphatic heterocycles. The van der Waals surface area contributed by atoms with Crippen LogP contribution in [0.5, 0.6) is 0 Å². The number of nitrogens with two attached hydrogens (primary N) is 1. The summed E-state index contributed by atoms with van der Waals surface area (Å²) in [5.74, 6) is 0. The monoisotopic (exact) mass is 235 g/mol. The first-order valence-electron chi connectivity index (χ1n) is 5.11. The van der Waals surface area contributed by atoms with Crippen molar-refractivity contribution in [1.82, 2.24) is 9.78 Å². The summed E-state index contributed by atoms with van der Waals surface area (Å²) >= 11 is 6.01. The largest absolute Gasteiger partial charge is 0.326 e. The molecule has 0 radical (unpaired) electrons. The predicted molar refractivity (Wildman–Crippen MR) is 66.3 cm³/mol. The van der Waals surface area contributed by atoms with Gasteiger partial charge in [0.2, 0.25) is 0 Å². The smallest absolute Gasteiger partial charge is 0.0571 e. The Balaban J connectivity index is 2.62. The Kier molecular flexibility index (Phi) is 2.99. The summed E-state index contributed by atoms with van der Waals surface area (Å²) in [7, 11) is 1.92. The SMILES string of the molecule is Cc1c(-c2cc(Cl)ccc2CN)cnn1C.